The molecule has 212 valence electrons. The fraction of sp³-hybridized carbons (Fsp3) is 0.769. The lowest BCUT2D eigenvalue weighted by molar-refractivity contribution is -0.165. The van der Waals surface area contributed by atoms with Crippen LogP contribution in [0, 0.1) is 0 Å². The second kappa shape index (κ2) is 12.6. The zero-order valence-electron chi connectivity index (χ0n) is 22.6. The Morgan fingerprint density at radius 2 is 1.11 bits per heavy atom. The number of esters is 1. The molecule has 4 amide bonds. The van der Waals surface area contributed by atoms with Crippen LogP contribution in [0.5, 0.6) is 0 Å². The maximum absolute atomic E-state index is 12.2. The number of nitrogens with zero attached hydrogens (tertiary/aromatic N) is 4. The molecule has 2 aliphatic heterocycles. The van der Waals surface area contributed by atoms with Crippen LogP contribution in [0.4, 0.5) is 0 Å². The maximum Gasteiger partial charge on any atom is 0.326 e. The van der Waals surface area contributed by atoms with Crippen LogP contribution >= 0.6 is 0 Å². The van der Waals surface area contributed by atoms with Crippen LogP contribution in [0.2, 0.25) is 0 Å². The Bertz CT molecular complexity index is 934. The van der Waals surface area contributed by atoms with Crippen molar-refractivity contribution in [2.24, 2.45) is 0 Å². The average molecular weight is 537 g/mol. The van der Waals surface area contributed by atoms with Crippen LogP contribution in [-0.2, 0) is 33.5 Å². The summed E-state index contributed by atoms with van der Waals surface area (Å²) in [5.74, 6) is -3.83. The SMILES string of the molecule is CC(C)(C)OC(=O)CN1CCN(C2CCCC2)C(=O)C1=O.O=C(O)CN1CCN(C2CCCC2)C(=O)C1=O. The monoisotopic (exact) mass is 536 g/mol. The highest BCUT2D eigenvalue weighted by atomic mass is 16.6. The second-order valence-corrected chi connectivity index (χ2v) is 11.3. The summed E-state index contributed by atoms with van der Waals surface area (Å²) in [4.78, 5) is 75.9. The molecule has 2 saturated heterocycles. The predicted octanol–water partition coefficient (Wildman–Crippen LogP) is 0.626. The minimum Gasteiger partial charge on any atom is -0.480 e. The van der Waals surface area contributed by atoms with E-state index in [2.05, 4.69) is 0 Å². The van der Waals surface area contributed by atoms with Crippen LogP contribution in [-0.4, -0.2) is 117 Å². The number of carbonyl (C=O) groups excluding carboxylic acids is 5. The third kappa shape index (κ3) is 7.67. The van der Waals surface area contributed by atoms with Gasteiger partial charge < -0.3 is 29.4 Å². The number of rotatable bonds is 6. The van der Waals surface area contributed by atoms with Crippen molar-refractivity contribution in [3.05, 3.63) is 0 Å². The molecule has 2 heterocycles. The summed E-state index contributed by atoms with van der Waals surface area (Å²) in [5.41, 5.74) is -0.587. The van der Waals surface area contributed by atoms with Crippen LogP contribution in [0.3, 0.4) is 0 Å². The molecule has 2 aliphatic carbocycles. The van der Waals surface area contributed by atoms with Gasteiger partial charge in [-0.15, -0.1) is 0 Å². The first-order chi connectivity index (χ1) is 17.9. The van der Waals surface area contributed by atoms with E-state index in [1.54, 1.807) is 30.6 Å². The van der Waals surface area contributed by atoms with E-state index < -0.39 is 41.2 Å². The second-order valence-electron chi connectivity index (χ2n) is 11.3. The highest BCUT2D eigenvalue weighted by molar-refractivity contribution is 6.36. The number of carboxylic acids is 1. The Balaban J connectivity index is 0.000000215. The summed E-state index contributed by atoms with van der Waals surface area (Å²) in [7, 11) is 0. The summed E-state index contributed by atoms with van der Waals surface area (Å²) in [5, 5.41) is 8.63. The van der Waals surface area contributed by atoms with Crippen molar-refractivity contribution in [1.82, 2.24) is 19.6 Å². The number of aliphatic carboxylic acids is 1. The van der Waals surface area contributed by atoms with E-state index in [-0.39, 0.29) is 25.2 Å². The maximum atomic E-state index is 12.2. The van der Waals surface area contributed by atoms with E-state index in [0.717, 1.165) is 56.3 Å². The largest absolute Gasteiger partial charge is 0.480 e. The van der Waals surface area contributed by atoms with Gasteiger partial charge in [-0.1, -0.05) is 25.7 Å². The molecule has 12 heteroatoms. The quantitative estimate of drug-likeness (QED) is 0.384. The van der Waals surface area contributed by atoms with Gasteiger partial charge in [-0.3, -0.25) is 28.8 Å². The molecule has 1 N–H and O–H groups in total. The molecule has 0 aromatic carbocycles. The van der Waals surface area contributed by atoms with Crippen LogP contribution in [0.15, 0.2) is 0 Å². The molecule has 4 rings (SSSR count). The van der Waals surface area contributed by atoms with Crippen molar-refractivity contribution in [1.29, 1.82) is 0 Å². The van der Waals surface area contributed by atoms with Crippen LogP contribution in [0.25, 0.3) is 0 Å². The topological polar surface area (TPSA) is 145 Å². The summed E-state index contributed by atoms with van der Waals surface area (Å²) < 4.78 is 5.19. The minimum atomic E-state index is -1.08. The van der Waals surface area contributed by atoms with Gasteiger partial charge in [0.1, 0.15) is 18.7 Å². The van der Waals surface area contributed by atoms with Crippen LogP contribution < -0.4 is 0 Å². The fourth-order valence-electron chi connectivity index (χ4n) is 5.50. The molecular weight excluding hydrogens is 496 g/mol. The summed E-state index contributed by atoms with van der Waals surface area (Å²) >= 11 is 0. The smallest absolute Gasteiger partial charge is 0.326 e. The number of piperazine rings is 2. The third-order valence-electron chi connectivity index (χ3n) is 7.28. The van der Waals surface area contributed by atoms with Gasteiger partial charge >= 0.3 is 35.6 Å². The predicted molar refractivity (Wildman–Crippen MR) is 135 cm³/mol. The lowest BCUT2D eigenvalue weighted by Gasteiger charge is -2.37. The lowest BCUT2D eigenvalue weighted by Crippen LogP contribution is -2.58. The van der Waals surface area contributed by atoms with Crippen LogP contribution in [0.1, 0.15) is 72.1 Å². The van der Waals surface area contributed by atoms with Crippen molar-refractivity contribution in [3.8, 4) is 0 Å². The first-order valence-electron chi connectivity index (χ1n) is 13.5. The molecule has 38 heavy (non-hydrogen) atoms. The van der Waals surface area contributed by atoms with E-state index >= 15 is 0 Å². The van der Waals surface area contributed by atoms with Gasteiger partial charge in [0, 0.05) is 38.3 Å². The molecule has 0 aromatic heterocycles. The van der Waals surface area contributed by atoms with E-state index in [1.165, 1.54) is 4.90 Å². The first kappa shape index (κ1) is 29.4. The van der Waals surface area contributed by atoms with Crippen molar-refractivity contribution in [2.45, 2.75) is 89.8 Å². The lowest BCUT2D eigenvalue weighted by atomic mass is 10.1. The Morgan fingerprint density at radius 1 is 0.711 bits per heavy atom. The third-order valence-corrected chi connectivity index (χ3v) is 7.28. The molecule has 4 aliphatic rings. The number of carboxylic acid groups (broad SMARTS) is 1. The standard InChI is InChI=1S/C15H24N2O4.C11H16N2O4/c1-15(2,3)21-12(18)10-16-8-9-17(14(20)13(16)19)11-6-4-5-7-11;14-9(15)7-12-5-6-13(11(17)10(12)16)8-3-1-2-4-8/h11H,4-10H2,1-3H3;8H,1-7H2,(H,14,15). The zero-order chi connectivity index (χ0) is 28.0. The van der Waals surface area contributed by atoms with E-state index in [4.69, 9.17) is 9.84 Å². The Labute approximate surface area is 223 Å². The van der Waals surface area contributed by atoms with Crippen molar-refractivity contribution < 1.29 is 38.6 Å². The molecular formula is C26H40N4O8. The fourth-order valence-corrected chi connectivity index (χ4v) is 5.50. The molecule has 4 fully saturated rings. The van der Waals surface area contributed by atoms with Crippen molar-refractivity contribution in [2.75, 3.05) is 39.3 Å². The van der Waals surface area contributed by atoms with Gasteiger partial charge in [0.15, 0.2) is 0 Å². The van der Waals surface area contributed by atoms with Gasteiger partial charge in [-0.25, -0.2) is 0 Å². The molecule has 2 saturated carbocycles. The number of hydrogen-bond donors (Lipinski definition) is 1. The van der Waals surface area contributed by atoms with E-state index in [9.17, 15) is 28.8 Å². The summed E-state index contributed by atoms with van der Waals surface area (Å²) in [6.45, 7) is 6.49. The number of hydrogen-bond acceptors (Lipinski definition) is 7. The highest BCUT2D eigenvalue weighted by Gasteiger charge is 2.39. The van der Waals surface area contributed by atoms with Gasteiger partial charge in [0.05, 0.1) is 0 Å². The number of carbonyl (C=O) groups is 6. The summed E-state index contributed by atoms with van der Waals surface area (Å²) in [6.07, 6.45) is 8.30. The summed E-state index contributed by atoms with van der Waals surface area (Å²) in [6, 6.07) is 0.378. The molecule has 0 unspecified atom stereocenters. The van der Waals surface area contributed by atoms with Gasteiger partial charge in [0.2, 0.25) is 0 Å². The molecule has 0 atom stereocenters. The van der Waals surface area contributed by atoms with Gasteiger partial charge in [-0.05, 0) is 46.5 Å². The average Bonchev–Trinajstić information content (AvgIpc) is 3.54. The first-order valence-corrected chi connectivity index (χ1v) is 13.5. The zero-order valence-corrected chi connectivity index (χ0v) is 22.6. The number of amides is 4. The van der Waals surface area contributed by atoms with Gasteiger partial charge in [-0.2, -0.15) is 0 Å². The Morgan fingerprint density at radius 3 is 1.47 bits per heavy atom. The van der Waals surface area contributed by atoms with Crippen molar-refractivity contribution in [3.63, 3.8) is 0 Å². The van der Waals surface area contributed by atoms with Crippen molar-refractivity contribution >= 4 is 35.6 Å². The normalized spacial score (nSPS) is 21.7. The minimum absolute atomic E-state index is 0.152. The Hall–Kier alpha value is -3.18. The molecule has 0 radical (unpaired) electrons. The molecule has 0 aromatic rings. The highest BCUT2D eigenvalue weighted by Crippen LogP contribution is 2.26. The molecule has 0 spiro atoms. The molecule has 12 nitrogen and oxygen atoms in total. The number of ether oxygens (including phenoxy) is 1. The van der Waals surface area contributed by atoms with E-state index in [1.807, 2.05) is 0 Å². The molecule has 0 bridgehead atoms. The van der Waals surface area contributed by atoms with E-state index in [0.29, 0.717) is 26.2 Å². The Kier molecular flexibility index (Phi) is 9.72. The van der Waals surface area contributed by atoms with Gasteiger partial charge in [0.25, 0.3) is 0 Å².